The van der Waals surface area contributed by atoms with Crippen LogP contribution in [0.1, 0.15) is 20.8 Å². The number of hydrogen-bond donors (Lipinski definition) is 3. The Morgan fingerprint density at radius 3 is 2.43 bits per heavy atom. The van der Waals surface area contributed by atoms with E-state index in [0.29, 0.717) is 0 Å². The van der Waals surface area contributed by atoms with Crippen LogP contribution in [0.5, 0.6) is 0 Å². The van der Waals surface area contributed by atoms with E-state index in [1.54, 1.807) is 0 Å². The summed E-state index contributed by atoms with van der Waals surface area (Å²) in [6.45, 7) is 5.02. The summed E-state index contributed by atoms with van der Waals surface area (Å²) in [7, 11) is -4.01. The van der Waals surface area contributed by atoms with Gasteiger partial charge in [0.1, 0.15) is 10.7 Å². The minimum Gasteiger partial charge on any atom is -0.329 e. The van der Waals surface area contributed by atoms with Gasteiger partial charge in [0.15, 0.2) is 0 Å². The van der Waals surface area contributed by atoms with Crippen molar-refractivity contribution in [2.75, 3.05) is 11.9 Å². The van der Waals surface area contributed by atoms with E-state index in [-0.39, 0.29) is 24.1 Å². The molecule has 0 radical (unpaired) electrons. The van der Waals surface area contributed by atoms with Gasteiger partial charge < -0.3 is 11.1 Å². The van der Waals surface area contributed by atoms with Crippen LogP contribution >= 0.6 is 0 Å². The lowest BCUT2D eigenvalue weighted by atomic mass is 10.1. The van der Waals surface area contributed by atoms with Crippen LogP contribution in [-0.4, -0.2) is 26.9 Å². The molecule has 8 heteroatoms. The molecule has 0 aromatic heterocycles. The van der Waals surface area contributed by atoms with E-state index >= 15 is 0 Å². The molecular formula is C13H20FN3O3S. The number of amides is 1. The molecule has 21 heavy (non-hydrogen) atoms. The third-order valence-corrected chi connectivity index (χ3v) is 4.43. The first-order chi connectivity index (χ1) is 9.67. The minimum absolute atomic E-state index is 0.0218. The number of sulfonamides is 1. The maximum atomic E-state index is 13.9. The first-order valence-electron chi connectivity index (χ1n) is 6.47. The van der Waals surface area contributed by atoms with Gasteiger partial charge in [0.25, 0.3) is 0 Å². The van der Waals surface area contributed by atoms with Crippen molar-refractivity contribution < 1.29 is 17.6 Å². The number of halogens is 1. The number of carbonyl (C=O) groups is 1. The molecule has 118 valence electrons. The summed E-state index contributed by atoms with van der Waals surface area (Å²) in [6, 6.07) is 2.91. The maximum absolute atomic E-state index is 13.9. The lowest BCUT2D eigenvalue weighted by Crippen LogP contribution is -2.43. The molecule has 4 N–H and O–H groups in total. The predicted molar refractivity (Wildman–Crippen MR) is 78.7 cm³/mol. The Labute approximate surface area is 124 Å². The van der Waals surface area contributed by atoms with Crippen molar-refractivity contribution in [2.45, 2.75) is 31.7 Å². The monoisotopic (exact) mass is 317 g/mol. The Kier molecular flexibility index (Phi) is 5.82. The maximum Gasteiger partial charge on any atom is 0.243 e. The standard InChI is InChI=1S/C13H20FN3O3S/c1-8(2)12(7-15)17-21(19,20)13-5-4-10(6-11(13)14)16-9(3)18/h4-6,8,12,17H,7,15H2,1-3H3,(H,16,18). The van der Waals surface area contributed by atoms with Gasteiger partial charge in [0.05, 0.1) is 0 Å². The Morgan fingerprint density at radius 1 is 1.38 bits per heavy atom. The van der Waals surface area contributed by atoms with E-state index in [2.05, 4.69) is 10.0 Å². The quantitative estimate of drug-likeness (QED) is 0.730. The van der Waals surface area contributed by atoms with Crippen molar-refractivity contribution in [3.8, 4) is 0 Å². The Balaban J connectivity index is 3.06. The fourth-order valence-corrected chi connectivity index (χ4v) is 3.18. The molecule has 1 rings (SSSR count). The molecule has 0 saturated heterocycles. The van der Waals surface area contributed by atoms with Gasteiger partial charge in [-0.05, 0) is 24.1 Å². The molecule has 0 aliphatic carbocycles. The second-order valence-corrected chi connectivity index (χ2v) is 6.72. The number of nitrogens with two attached hydrogens (primary N) is 1. The molecule has 0 fully saturated rings. The first kappa shape index (κ1) is 17.5. The zero-order chi connectivity index (χ0) is 16.2. The molecular weight excluding hydrogens is 297 g/mol. The van der Waals surface area contributed by atoms with Crippen molar-refractivity contribution in [2.24, 2.45) is 11.7 Å². The summed E-state index contributed by atoms with van der Waals surface area (Å²) in [5.41, 5.74) is 5.70. The van der Waals surface area contributed by atoms with E-state index in [4.69, 9.17) is 5.73 Å². The first-order valence-corrected chi connectivity index (χ1v) is 7.95. The van der Waals surface area contributed by atoms with E-state index < -0.39 is 26.8 Å². The lowest BCUT2D eigenvalue weighted by Gasteiger charge is -2.20. The molecule has 0 saturated carbocycles. The van der Waals surface area contributed by atoms with Crippen LogP contribution < -0.4 is 15.8 Å². The highest BCUT2D eigenvalue weighted by Gasteiger charge is 2.24. The van der Waals surface area contributed by atoms with Gasteiger partial charge in [-0.25, -0.2) is 17.5 Å². The van der Waals surface area contributed by atoms with E-state index in [0.717, 1.165) is 12.1 Å². The smallest absolute Gasteiger partial charge is 0.243 e. The van der Waals surface area contributed by atoms with Crippen molar-refractivity contribution in [1.29, 1.82) is 0 Å². The molecule has 1 atom stereocenters. The Hall–Kier alpha value is -1.51. The van der Waals surface area contributed by atoms with Crippen LogP contribution in [0.15, 0.2) is 23.1 Å². The van der Waals surface area contributed by atoms with Gasteiger partial charge in [-0.15, -0.1) is 0 Å². The molecule has 1 amide bonds. The average Bonchev–Trinajstić information content (AvgIpc) is 2.34. The number of hydrogen-bond acceptors (Lipinski definition) is 4. The fraction of sp³-hybridized carbons (Fsp3) is 0.462. The number of anilines is 1. The van der Waals surface area contributed by atoms with Gasteiger partial charge in [-0.3, -0.25) is 4.79 Å². The summed E-state index contributed by atoms with van der Waals surface area (Å²) >= 11 is 0. The fourth-order valence-electron chi connectivity index (χ4n) is 1.72. The number of carbonyl (C=O) groups excluding carboxylic acids is 1. The molecule has 0 aliphatic heterocycles. The lowest BCUT2D eigenvalue weighted by molar-refractivity contribution is -0.114. The van der Waals surface area contributed by atoms with E-state index in [1.165, 1.54) is 13.0 Å². The van der Waals surface area contributed by atoms with Gasteiger partial charge in [-0.1, -0.05) is 13.8 Å². The minimum atomic E-state index is -4.01. The van der Waals surface area contributed by atoms with E-state index in [1.807, 2.05) is 13.8 Å². The molecule has 0 heterocycles. The van der Waals surface area contributed by atoms with Crippen LogP contribution in [0.25, 0.3) is 0 Å². The van der Waals surface area contributed by atoms with Crippen molar-refractivity contribution in [3.63, 3.8) is 0 Å². The highest BCUT2D eigenvalue weighted by Crippen LogP contribution is 2.19. The zero-order valence-electron chi connectivity index (χ0n) is 12.2. The highest BCUT2D eigenvalue weighted by atomic mass is 32.2. The summed E-state index contributed by atoms with van der Waals surface area (Å²) in [6.07, 6.45) is 0. The molecule has 0 spiro atoms. The molecule has 0 aliphatic rings. The zero-order valence-corrected chi connectivity index (χ0v) is 13.0. The largest absolute Gasteiger partial charge is 0.329 e. The summed E-state index contributed by atoms with van der Waals surface area (Å²) in [5.74, 6) is -1.33. The normalized spacial score (nSPS) is 13.2. The summed E-state index contributed by atoms with van der Waals surface area (Å²) < 4.78 is 40.7. The average molecular weight is 317 g/mol. The Morgan fingerprint density at radius 2 is 2.00 bits per heavy atom. The van der Waals surface area contributed by atoms with Gasteiger partial charge in [0.2, 0.25) is 15.9 Å². The molecule has 1 aromatic carbocycles. The molecule has 1 unspecified atom stereocenters. The molecule has 0 bridgehead atoms. The second-order valence-electron chi connectivity index (χ2n) is 5.03. The highest BCUT2D eigenvalue weighted by molar-refractivity contribution is 7.89. The third kappa shape index (κ3) is 4.76. The Bertz CT molecular complexity index is 617. The van der Waals surface area contributed by atoms with Gasteiger partial charge >= 0.3 is 0 Å². The SMILES string of the molecule is CC(=O)Nc1ccc(S(=O)(=O)NC(CN)C(C)C)c(F)c1. The van der Waals surface area contributed by atoms with Crippen LogP contribution in [0.3, 0.4) is 0 Å². The number of benzene rings is 1. The van der Waals surface area contributed by atoms with Crippen LogP contribution in [0, 0.1) is 11.7 Å². The van der Waals surface area contributed by atoms with Crippen molar-refractivity contribution >= 4 is 21.6 Å². The topological polar surface area (TPSA) is 101 Å². The van der Waals surface area contributed by atoms with Crippen LogP contribution in [0.4, 0.5) is 10.1 Å². The number of nitrogens with one attached hydrogen (secondary N) is 2. The molecule has 1 aromatic rings. The molecule has 6 nitrogen and oxygen atoms in total. The number of rotatable bonds is 6. The predicted octanol–water partition coefficient (Wildman–Crippen LogP) is 1.05. The van der Waals surface area contributed by atoms with Crippen LogP contribution in [0.2, 0.25) is 0 Å². The van der Waals surface area contributed by atoms with Crippen molar-refractivity contribution in [3.05, 3.63) is 24.0 Å². The van der Waals surface area contributed by atoms with Gasteiger partial charge in [-0.2, -0.15) is 0 Å². The second kappa shape index (κ2) is 6.97. The summed E-state index contributed by atoms with van der Waals surface area (Å²) in [4.78, 5) is 10.4. The van der Waals surface area contributed by atoms with E-state index in [9.17, 15) is 17.6 Å². The van der Waals surface area contributed by atoms with Gasteiger partial charge in [0, 0.05) is 25.2 Å². The van der Waals surface area contributed by atoms with Crippen LogP contribution in [-0.2, 0) is 14.8 Å². The van der Waals surface area contributed by atoms with Crippen molar-refractivity contribution in [1.82, 2.24) is 4.72 Å². The third-order valence-electron chi connectivity index (χ3n) is 2.91. The summed E-state index contributed by atoms with van der Waals surface area (Å²) in [5, 5.41) is 2.38.